The molecule has 23 heavy (non-hydrogen) atoms. The second-order valence-corrected chi connectivity index (χ2v) is 8.20. The summed E-state index contributed by atoms with van der Waals surface area (Å²) in [6.45, 7) is 2.16. The number of halogens is 3. The lowest BCUT2D eigenvalue weighted by Gasteiger charge is -2.41. The lowest BCUT2D eigenvalue weighted by atomic mass is 9.96. The first kappa shape index (κ1) is 16.7. The number of hydrogen-bond donors (Lipinski definition) is 1. The van der Waals surface area contributed by atoms with E-state index in [4.69, 9.17) is 0 Å². The first-order chi connectivity index (χ1) is 10.7. The molecule has 2 unspecified atom stereocenters. The second-order valence-electron chi connectivity index (χ2n) is 6.29. The van der Waals surface area contributed by atoms with E-state index in [1.807, 2.05) is 0 Å². The fourth-order valence-electron chi connectivity index (χ4n) is 3.42. The van der Waals surface area contributed by atoms with Gasteiger partial charge in [0.25, 0.3) is 0 Å². The van der Waals surface area contributed by atoms with Gasteiger partial charge >= 0.3 is 6.18 Å². The summed E-state index contributed by atoms with van der Waals surface area (Å²) in [5.74, 6) is 0. The van der Waals surface area contributed by atoms with Crippen LogP contribution in [0.15, 0.2) is 23.1 Å². The van der Waals surface area contributed by atoms with E-state index in [-0.39, 0.29) is 22.5 Å². The Hall–Kier alpha value is -1.12. The molecule has 2 aliphatic heterocycles. The van der Waals surface area contributed by atoms with Gasteiger partial charge in [-0.2, -0.15) is 17.5 Å². The third-order valence-corrected chi connectivity index (χ3v) is 6.54. The summed E-state index contributed by atoms with van der Waals surface area (Å²) in [6.07, 6.45) is -1.54. The highest BCUT2D eigenvalue weighted by molar-refractivity contribution is 7.89. The predicted molar refractivity (Wildman–Crippen MR) is 79.5 cm³/mol. The van der Waals surface area contributed by atoms with Crippen LogP contribution in [0.1, 0.15) is 30.4 Å². The number of nitrogens with one attached hydrogen (secondary N) is 1. The highest BCUT2D eigenvalue weighted by Gasteiger charge is 2.37. The second kappa shape index (κ2) is 5.75. The van der Waals surface area contributed by atoms with Gasteiger partial charge in [-0.1, -0.05) is 6.42 Å². The smallest absolute Gasteiger partial charge is 0.309 e. The minimum absolute atomic E-state index is 0.0366. The molecule has 0 amide bonds. The fourth-order valence-corrected chi connectivity index (χ4v) is 5.15. The molecule has 4 nitrogen and oxygen atoms in total. The molecule has 2 aliphatic rings. The first-order valence-corrected chi connectivity index (χ1v) is 9.06. The van der Waals surface area contributed by atoms with Crippen molar-refractivity contribution in [3.8, 4) is 0 Å². The Kier molecular flexibility index (Phi) is 4.18. The summed E-state index contributed by atoms with van der Waals surface area (Å²) in [7, 11) is -3.77. The van der Waals surface area contributed by atoms with Gasteiger partial charge in [0.1, 0.15) is 0 Å². The van der Waals surface area contributed by atoms with E-state index in [0.717, 1.165) is 37.5 Å². The number of fused-ring (bicyclic) bond motifs is 2. The molecular formula is C15H19F3N2O2S. The molecule has 2 atom stereocenters. The molecule has 0 spiro atoms. The zero-order valence-electron chi connectivity index (χ0n) is 12.7. The number of piperazine rings is 1. The minimum Gasteiger partial charge on any atom is -0.309 e. The fraction of sp³-hybridized carbons (Fsp3) is 0.600. The maximum absolute atomic E-state index is 12.8. The quantitative estimate of drug-likeness (QED) is 0.894. The number of nitrogens with zero attached hydrogens (tertiary/aromatic N) is 1. The SMILES string of the molecule is Cc1cc(C(F)(F)F)ccc1S(=O)(=O)N1CC2CCCC(C1)N2. The van der Waals surface area contributed by atoms with E-state index in [2.05, 4.69) is 5.32 Å². The van der Waals surface area contributed by atoms with Gasteiger partial charge in [-0.3, -0.25) is 0 Å². The van der Waals surface area contributed by atoms with Crippen LogP contribution in [0.4, 0.5) is 13.2 Å². The number of sulfonamides is 1. The Bertz CT molecular complexity index is 691. The van der Waals surface area contributed by atoms with Crippen LogP contribution in [-0.2, 0) is 16.2 Å². The Labute approximate surface area is 133 Å². The average molecular weight is 348 g/mol. The van der Waals surface area contributed by atoms with Crippen LogP contribution in [-0.4, -0.2) is 37.9 Å². The normalized spacial score (nSPS) is 26.3. The Balaban J connectivity index is 1.91. The van der Waals surface area contributed by atoms with Crippen LogP contribution in [0.5, 0.6) is 0 Å². The molecule has 1 N–H and O–H groups in total. The predicted octanol–water partition coefficient (Wildman–Crippen LogP) is 2.53. The molecule has 128 valence electrons. The van der Waals surface area contributed by atoms with Gasteiger partial charge < -0.3 is 5.32 Å². The van der Waals surface area contributed by atoms with E-state index in [0.29, 0.717) is 13.1 Å². The van der Waals surface area contributed by atoms with Gasteiger partial charge in [0.05, 0.1) is 10.5 Å². The van der Waals surface area contributed by atoms with Crippen LogP contribution in [0, 0.1) is 6.92 Å². The monoisotopic (exact) mass is 348 g/mol. The molecule has 2 heterocycles. The number of alkyl halides is 3. The van der Waals surface area contributed by atoms with Crippen molar-refractivity contribution in [2.45, 2.75) is 49.3 Å². The highest BCUT2D eigenvalue weighted by atomic mass is 32.2. The van der Waals surface area contributed by atoms with Gasteiger partial charge in [-0.05, 0) is 43.5 Å². The van der Waals surface area contributed by atoms with Gasteiger partial charge in [-0.15, -0.1) is 0 Å². The average Bonchev–Trinajstić information content (AvgIpc) is 2.45. The van der Waals surface area contributed by atoms with Gasteiger partial charge in [0.15, 0.2) is 0 Å². The van der Waals surface area contributed by atoms with Crippen molar-refractivity contribution in [1.29, 1.82) is 0 Å². The maximum Gasteiger partial charge on any atom is 0.416 e. The summed E-state index contributed by atoms with van der Waals surface area (Å²) in [5.41, 5.74) is -0.699. The zero-order chi connectivity index (χ0) is 16.8. The summed E-state index contributed by atoms with van der Waals surface area (Å²) in [6, 6.07) is 3.07. The van der Waals surface area contributed by atoms with Crippen molar-refractivity contribution >= 4 is 10.0 Å². The van der Waals surface area contributed by atoms with E-state index in [1.165, 1.54) is 11.2 Å². The van der Waals surface area contributed by atoms with E-state index in [9.17, 15) is 21.6 Å². The maximum atomic E-state index is 12.8. The number of aryl methyl sites for hydroxylation is 1. The van der Waals surface area contributed by atoms with Crippen LogP contribution < -0.4 is 5.32 Å². The zero-order valence-corrected chi connectivity index (χ0v) is 13.5. The van der Waals surface area contributed by atoms with Crippen molar-refractivity contribution in [2.75, 3.05) is 13.1 Å². The number of piperidine rings is 1. The van der Waals surface area contributed by atoms with Crippen molar-refractivity contribution in [3.63, 3.8) is 0 Å². The number of hydrogen-bond acceptors (Lipinski definition) is 3. The van der Waals surface area contributed by atoms with E-state index >= 15 is 0 Å². The van der Waals surface area contributed by atoms with E-state index < -0.39 is 21.8 Å². The lowest BCUT2D eigenvalue weighted by molar-refractivity contribution is -0.137. The van der Waals surface area contributed by atoms with Crippen molar-refractivity contribution in [2.24, 2.45) is 0 Å². The first-order valence-electron chi connectivity index (χ1n) is 7.62. The van der Waals surface area contributed by atoms with Gasteiger partial charge in [0.2, 0.25) is 10.0 Å². The molecule has 2 bridgehead atoms. The van der Waals surface area contributed by atoms with Crippen molar-refractivity contribution in [3.05, 3.63) is 29.3 Å². The van der Waals surface area contributed by atoms with Crippen molar-refractivity contribution in [1.82, 2.24) is 9.62 Å². The standard InChI is InChI=1S/C15H19F3N2O2S/c1-10-7-11(15(16,17)18)5-6-14(10)23(21,22)20-8-12-3-2-4-13(9-20)19-12/h5-7,12-13,19H,2-4,8-9H2,1H3. The molecule has 0 aliphatic carbocycles. The lowest BCUT2D eigenvalue weighted by Crippen LogP contribution is -2.59. The Morgan fingerprint density at radius 2 is 1.78 bits per heavy atom. The summed E-state index contributed by atoms with van der Waals surface area (Å²) in [4.78, 5) is -0.0366. The molecule has 8 heteroatoms. The molecule has 3 rings (SSSR count). The third-order valence-electron chi connectivity index (χ3n) is 4.54. The molecule has 1 aromatic carbocycles. The van der Waals surface area contributed by atoms with Gasteiger partial charge in [-0.25, -0.2) is 8.42 Å². The summed E-state index contributed by atoms with van der Waals surface area (Å²) in [5, 5.41) is 3.40. The number of benzene rings is 1. The Morgan fingerprint density at radius 1 is 1.17 bits per heavy atom. The van der Waals surface area contributed by atoms with Crippen molar-refractivity contribution < 1.29 is 21.6 Å². The van der Waals surface area contributed by atoms with Gasteiger partial charge in [0, 0.05) is 25.2 Å². The molecule has 0 aromatic heterocycles. The molecule has 2 saturated heterocycles. The van der Waals surface area contributed by atoms with Crippen LogP contribution in [0.3, 0.4) is 0 Å². The van der Waals surface area contributed by atoms with E-state index in [1.54, 1.807) is 0 Å². The third kappa shape index (κ3) is 3.25. The largest absolute Gasteiger partial charge is 0.416 e. The summed E-state index contributed by atoms with van der Waals surface area (Å²) < 4.78 is 65.3. The topological polar surface area (TPSA) is 49.4 Å². The highest BCUT2D eigenvalue weighted by Crippen LogP contribution is 2.33. The Morgan fingerprint density at radius 3 is 2.30 bits per heavy atom. The minimum atomic E-state index is -4.47. The number of rotatable bonds is 2. The molecular weight excluding hydrogens is 329 g/mol. The van der Waals surface area contributed by atoms with Crippen LogP contribution in [0.2, 0.25) is 0 Å². The molecule has 2 fully saturated rings. The van der Waals surface area contributed by atoms with Crippen LogP contribution >= 0.6 is 0 Å². The molecule has 0 saturated carbocycles. The summed E-state index contributed by atoms with van der Waals surface area (Å²) >= 11 is 0. The van der Waals surface area contributed by atoms with Crippen LogP contribution in [0.25, 0.3) is 0 Å². The molecule has 0 radical (unpaired) electrons. The molecule has 1 aromatic rings.